The highest BCUT2D eigenvalue weighted by atomic mass is 35.5. The third kappa shape index (κ3) is 2.84. The van der Waals surface area contributed by atoms with E-state index < -0.39 is 0 Å². The summed E-state index contributed by atoms with van der Waals surface area (Å²) < 4.78 is 5.82. The summed E-state index contributed by atoms with van der Waals surface area (Å²) in [6.45, 7) is 0. The van der Waals surface area contributed by atoms with Gasteiger partial charge in [-0.15, -0.1) is 11.6 Å². The van der Waals surface area contributed by atoms with Gasteiger partial charge >= 0.3 is 0 Å². The second kappa shape index (κ2) is 4.73. The number of hydrogen-bond donors (Lipinski definition) is 0. The van der Waals surface area contributed by atoms with E-state index in [0.29, 0.717) is 6.10 Å². The highest BCUT2D eigenvalue weighted by Gasteiger charge is 2.23. The quantitative estimate of drug-likeness (QED) is 0.721. The van der Waals surface area contributed by atoms with Gasteiger partial charge in [0, 0.05) is 0 Å². The number of halogens is 1. The number of rotatable bonds is 3. The second-order valence-electron chi connectivity index (χ2n) is 4.95. The Morgan fingerprint density at radius 2 is 2.06 bits per heavy atom. The van der Waals surface area contributed by atoms with E-state index >= 15 is 0 Å². The zero-order chi connectivity index (χ0) is 11.7. The summed E-state index contributed by atoms with van der Waals surface area (Å²) in [5.74, 6) is 1.00. The molecule has 0 amide bonds. The van der Waals surface area contributed by atoms with Gasteiger partial charge in [0.25, 0.3) is 0 Å². The summed E-state index contributed by atoms with van der Waals surface area (Å²) in [6, 6.07) is 8.43. The van der Waals surface area contributed by atoms with Gasteiger partial charge in [-0.2, -0.15) is 0 Å². The average molecular weight is 249 g/mol. The molecule has 0 aromatic heterocycles. The van der Waals surface area contributed by atoms with Crippen LogP contribution in [0.4, 0.5) is 0 Å². The lowest BCUT2D eigenvalue weighted by molar-refractivity contribution is 0.303. The van der Waals surface area contributed by atoms with E-state index in [1.165, 1.54) is 30.4 Å². The maximum absolute atomic E-state index is 6.19. The van der Waals surface area contributed by atoms with Crippen molar-refractivity contribution in [2.45, 2.75) is 43.6 Å². The predicted molar refractivity (Wildman–Crippen MR) is 71.6 cm³/mol. The molecule has 90 valence electrons. The summed E-state index contributed by atoms with van der Waals surface area (Å²) in [5.41, 5.74) is 2.64. The van der Waals surface area contributed by atoms with Crippen molar-refractivity contribution < 1.29 is 4.74 Å². The normalized spacial score (nSPS) is 24.3. The van der Waals surface area contributed by atoms with E-state index in [2.05, 4.69) is 24.3 Å². The molecule has 0 aliphatic heterocycles. The van der Waals surface area contributed by atoms with Gasteiger partial charge in [-0.25, -0.2) is 0 Å². The average Bonchev–Trinajstić information content (AvgIpc) is 3.13. The molecule has 0 bridgehead atoms. The molecule has 2 aliphatic rings. The van der Waals surface area contributed by atoms with Crippen LogP contribution in [0.1, 0.15) is 37.7 Å². The summed E-state index contributed by atoms with van der Waals surface area (Å²) in [7, 11) is 0. The van der Waals surface area contributed by atoms with Gasteiger partial charge < -0.3 is 4.74 Å². The molecular formula is C15H17ClO. The van der Waals surface area contributed by atoms with E-state index in [1.54, 1.807) is 0 Å². The van der Waals surface area contributed by atoms with Gasteiger partial charge in [-0.3, -0.25) is 0 Å². The van der Waals surface area contributed by atoms with Gasteiger partial charge in [-0.05, 0) is 55.4 Å². The SMILES string of the molecule is ClC1C=C(c2cccc(OC3CC3)c2)CCC1. The molecule has 1 aromatic rings. The lowest BCUT2D eigenvalue weighted by Crippen LogP contribution is -2.03. The van der Waals surface area contributed by atoms with Crippen LogP contribution in [0.3, 0.4) is 0 Å². The zero-order valence-corrected chi connectivity index (χ0v) is 10.6. The number of allylic oxidation sites excluding steroid dienone is 2. The van der Waals surface area contributed by atoms with Gasteiger partial charge in [0.15, 0.2) is 0 Å². The van der Waals surface area contributed by atoms with Crippen LogP contribution in [-0.4, -0.2) is 11.5 Å². The van der Waals surface area contributed by atoms with E-state index in [4.69, 9.17) is 16.3 Å². The first-order valence-corrected chi connectivity index (χ1v) is 6.87. The largest absolute Gasteiger partial charge is 0.490 e. The Kier molecular flexibility index (Phi) is 3.11. The van der Waals surface area contributed by atoms with Gasteiger partial charge in [0.1, 0.15) is 5.75 Å². The van der Waals surface area contributed by atoms with Crippen molar-refractivity contribution in [3.05, 3.63) is 35.9 Å². The minimum atomic E-state index is 0.201. The molecule has 1 fully saturated rings. The smallest absolute Gasteiger partial charge is 0.120 e. The molecule has 1 saturated carbocycles. The number of alkyl halides is 1. The Morgan fingerprint density at radius 1 is 1.18 bits per heavy atom. The van der Waals surface area contributed by atoms with Crippen LogP contribution in [0.15, 0.2) is 30.3 Å². The van der Waals surface area contributed by atoms with E-state index in [-0.39, 0.29) is 5.38 Å². The van der Waals surface area contributed by atoms with Crippen LogP contribution in [0.2, 0.25) is 0 Å². The van der Waals surface area contributed by atoms with Crippen LogP contribution < -0.4 is 4.74 Å². The molecule has 1 nitrogen and oxygen atoms in total. The number of hydrogen-bond acceptors (Lipinski definition) is 1. The molecule has 17 heavy (non-hydrogen) atoms. The Morgan fingerprint density at radius 3 is 2.82 bits per heavy atom. The summed E-state index contributed by atoms with van der Waals surface area (Å²) >= 11 is 6.19. The molecular weight excluding hydrogens is 232 g/mol. The Bertz CT molecular complexity index is 434. The number of ether oxygens (including phenoxy) is 1. The summed E-state index contributed by atoms with van der Waals surface area (Å²) in [6.07, 6.45) is 8.49. The fourth-order valence-corrected chi connectivity index (χ4v) is 2.57. The first kappa shape index (κ1) is 11.2. The first-order chi connectivity index (χ1) is 8.31. The van der Waals surface area contributed by atoms with Crippen molar-refractivity contribution >= 4 is 17.2 Å². The molecule has 2 heteroatoms. The molecule has 0 heterocycles. The summed E-state index contributed by atoms with van der Waals surface area (Å²) in [5, 5.41) is 0.201. The summed E-state index contributed by atoms with van der Waals surface area (Å²) in [4.78, 5) is 0. The van der Waals surface area contributed by atoms with E-state index in [1.807, 2.05) is 6.07 Å². The Hall–Kier alpha value is -0.950. The zero-order valence-electron chi connectivity index (χ0n) is 9.86. The molecule has 2 aliphatic carbocycles. The lowest BCUT2D eigenvalue weighted by Gasteiger charge is -2.17. The molecule has 0 radical (unpaired) electrons. The third-order valence-corrected chi connectivity index (χ3v) is 3.68. The minimum Gasteiger partial charge on any atom is -0.490 e. The molecule has 1 unspecified atom stereocenters. The fraction of sp³-hybridized carbons (Fsp3) is 0.467. The molecule has 0 N–H and O–H groups in total. The van der Waals surface area contributed by atoms with Gasteiger partial charge in [0.2, 0.25) is 0 Å². The predicted octanol–water partition coefficient (Wildman–Crippen LogP) is 4.40. The maximum atomic E-state index is 6.19. The second-order valence-corrected chi connectivity index (χ2v) is 5.51. The Labute approximate surface area is 107 Å². The third-order valence-electron chi connectivity index (χ3n) is 3.34. The monoisotopic (exact) mass is 248 g/mol. The van der Waals surface area contributed by atoms with Crippen molar-refractivity contribution in [3.8, 4) is 5.75 Å². The van der Waals surface area contributed by atoms with Crippen LogP contribution in [0, 0.1) is 0 Å². The van der Waals surface area contributed by atoms with Gasteiger partial charge in [0.05, 0.1) is 11.5 Å². The van der Waals surface area contributed by atoms with Crippen LogP contribution in [0.5, 0.6) is 5.75 Å². The molecule has 0 saturated heterocycles. The highest BCUT2D eigenvalue weighted by Crippen LogP contribution is 2.32. The van der Waals surface area contributed by atoms with Gasteiger partial charge in [-0.1, -0.05) is 18.2 Å². The maximum Gasteiger partial charge on any atom is 0.120 e. The Balaban J connectivity index is 1.81. The number of benzene rings is 1. The topological polar surface area (TPSA) is 9.23 Å². The van der Waals surface area contributed by atoms with Crippen molar-refractivity contribution in [2.24, 2.45) is 0 Å². The highest BCUT2D eigenvalue weighted by molar-refractivity contribution is 6.22. The first-order valence-electron chi connectivity index (χ1n) is 6.43. The molecule has 3 rings (SSSR count). The molecule has 0 spiro atoms. The van der Waals surface area contributed by atoms with E-state index in [9.17, 15) is 0 Å². The molecule has 1 atom stereocenters. The van der Waals surface area contributed by atoms with Crippen LogP contribution >= 0.6 is 11.6 Å². The van der Waals surface area contributed by atoms with Crippen molar-refractivity contribution in [1.29, 1.82) is 0 Å². The van der Waals surface area contributed by atoms with E-state index in [0.717, 1.165) is 18.6 Å². The fourth-order valence-electron chi connectivity index (χ4n) is 2.26. The minimum absolute atomic E-state index is 0.201. The molecule has 1 aromatic carbocycles. The van der Waals surface area contributed by atoms with Crippen LogP contribution in [0.25, 0.3) is 5.57 Å². The van der Waals surface area contributed by atoms with Crippen LogP contribution in [-0.2, 0) is 0 Å². The van der Waals surface area contributed by atoms with Crippen molar-refractivity contribution in [1.82, 2.24) is 0 Å². The van der Waals surface area contributed by atoms with Crippen molar-refractivity contribution in [2.75, 3.05) is 0 Å². The van der Waals surface area contributed by atoms with Crippen molar-refractivity contribution in [3.63, 3.8) is 0 Å². The lowest BCUT2D eigenvalue weighted by atomic mass is 9.93. The standard InChI is InChI=1S/C15H17ClO/c16-13-5-1-3-11(9-13)12-4-2-6-15(10-12)17-14-7-8-14/h2,4,6,9-10,13-14H,1,3,5,7-8H2.